The molecule has 2 heterocycles. The number of aromatic nitrogens is 4. The molecule has 0 saturated carbocycles. The third-order valence-electron chi connectivity index (χ3n) is 2.92. The molecule has 3 aromatic rings. The van der Waals surface area contributed by atoms with Crippen molar-refractivity contribution in [1.82, 2.24) is 19.7 Å². The van der Waals surface area contributed by atoms with E-state index in [0.29, 0.717) is 11.8 Å². The van der Waals surface area contributed by atoms with Gasteiger partial charge in [0.2, 0.25) is 5.88 Å². The van der Waals surface area contributed by atoms with Crippen LogP contribution in [0.3, 0.4) is 0 Å². The van der Waals surface area contributed by atoms with E-state index in [1.165, 1.54) is 0 Å². The van der Waals surface area contributed by atoms with Crippen LogP contribution >= 0.6 is 11.6 Å². The van der Waals surface area contributed by atoms with Crippen LogP contribution in [-0.4, -0.2) is 19.7 Å². The predicted octanol–water partition coefficient (Wildman–Crippen LogP) is 3.50. The summed E-state index contributed by atoms with van der Waals surface area (Å²) in [5, 5.41) is 4.28. The van der Waals surface area contributed by atoms with Gasteiger partial charge in [0.25, 0.3) is 0 Å². The second-order valence-corrected chi connectivity index (χ2v) is 4.78. The van der Waals surface area contributed by atoms with E-state index >= 15 is 0 Å². The lowest BCUT2D eigenvalue weighted by Crippen LogP contribution is -1.97. The lowest BCUT2D eigenvalue weighted by Gasteiger charge is -2.05. The minimum absolute atomic E-state index is 0.257. The first-order valence-electron chi connectivity index (χ1n) is 6.42. The number of nitrogens with zero attached hydrogens (tertiary/aromatic N) is 4. The van der Waals surface area contributed by atoms with Gasteiger partial charge in [-0.1, -0.05) is 18.2 Å². The number of rotatable bonds is 4. The van der Waals surface area contributed by atoms with E-state index < -0.39 is 0 Å². The quantitative estimate of drug-likeness (QED) is 0.692. The average Bonchev–Trinajstić information content (AvgIpc) is 2.99. The topological polar surface area (TPSA) is 52.8 Å². The molecule has 0 amide bonds. The van der Waals surface area contributed by atoms with Crippen LogP contribution in [0.5, 0.6) is 11.9 Å². The van der Waals surface area contributed by atoms with Gasteiger partial charge in [-0.25, -0.2) is 9.67 Å². The number of pyridine rings is 1. The first-order chi connectivity index (χ1) is 10.3. The number of benzene rings is 1. The Bertz CT molecular complexity index is 742. The molecule has 1 aromatic carbocycles. The molecule has 0 unspecified atom stereocenters. The van der Waals surface area contributed by atoms with Crippen molar-refractivity contribution < 1.29 is 4.74 Å². The third kappa shape index (κ3) is 3.03. The van der Waals surface area contributed by atoms with Crippen LogP contribution < -0.4 is 4.74 Å². The van der Waals surface area contributed by atoms with Crippen molar-refractivity contribution >= 4 is 11.6 Å². The Hall–Kier alpha value is -2.40. The molecule has 0 radical (unpaired) electrons. The predicted molar refractivity (Wildman–Crippen MR) is 80.0 cm³/mol. The Labute approximate surface area is 127 Å². The van der Waals surface area contributed by atoms with E-state index in [1.807, 2.05) is 43.3 Å². The van der Waals surface area contributed by atoms with Crippen molar-refractivity contribution in [1.29, 1.82) is 0 Å². The zero-order chi connectivity index (χ0) is 14.7. The molecule has 106 valence electrons. The van der Waals surface area contributed by atoms with Gasteiger partial charge in [0.15, 0.2) is 0 Å². The lowest BCUT2D eigenvalue weighted by atomic mass is 10.2. The molecule has 2 aromatic heterocycles. The maximum Gasteiger partial charge on any atom is 0.342 e. The van der Waals surface area contributed by atoms with E-state index in [2.05, 4.69) is 15.1 Å². The summed E-state index contributed by atoms with van der Waals surface area (Å²) in [7, 11) is 0. The van der Waals surface area contributed by atoms with Crippen LogP contribution in [0, 0.1) is 6.92 Å². The smallest absolute Gasteiger partial charge is 0.342 e. The summed E-state index contributed by atoms with van der Waals surface area (Å²) in [6.07, 6.45) is 3.29. The molecule has 0 spiro atoms. The molecule has 3 rings (SSSR count). The molecule has 0 aliphatic heterocycles. The molecule has 0 N–H and O–H groups in total. The summed E-state index contributed by atoms with van der Waals surface area (Å²) in [5.74, 6) is 0.907. The van der Waals surface area contributed by atoms with Gasteiger partial charge in [0.1, 0.15) is 6.33 Å². The second-order valence-electron chi connectivity index (χ2n) is 4.51. The van der Waals surface area contributed by atoms with Gasteiger partial charge >= 0.3 is 6.01 Å². The third-order valence-corrected chi connectivity index (χ3v) is 3.23. The zero-order valence-electron chi connectivity index (χ0n) is 11.4. The van der Waals surface area contributed by atoms with E-state index in [4.69, 9.17) is 16.3 Å². The Balaban J connectivity index is 1.82. The van der Waals surface area contributed by atoms with Crippen molar-refractivity contribution in [2.24, 2.45) is 0 Å². The fraction of sp³-hybridized carbons (Fsp3) is 0.133. The highest BCUT2D eigenvalue weighted by atomic mass is 35.5. The Kier molecular flexibility index (Phi) is 3.83. The summed E-state index contributed by atoms with van der Waals surface area (Å²) in [4.78, 5) is 8.37. The SMILES string of the molecule is Cc1cc(CCl)cnc1Oc1ncn(-c2ccccc2)n1. The Morgan fingerprint density at radius 1 is 1.19 bits per heavy atom. The van der Waals surface area contributed by atoms with Crippen LogP contribution in [-0.2, 0) is 5.88 Å². The van der Waals surface area contributed by atoms with Crippen LogP contribution in [0.15, 0.2) is 48.9 Å². The number of hydrogen-bond acceptors (Lipinski definition) is 4. The van der Waals surface area contributed by atoms with Gasteiger partial charge < -0.3 is 4.74 Å². The average molecular weight is 301 g/mol. The largest absolute Gasteiger partial charge is 0.404 e. The number of para-hydroxylation sites is 1. The highest BCUT2D eigenvalue weighted by molar-refractivity contribution is 6.17. The summed E-state index contributed by atoms with van der Waals surface area (Å²) < 4.78 is 7.26. The van der Waals surface area contributed by atoms with Crippen molar-refractivity contribution in [3.05, 3.63) is 60.0 Å². The molecular formula is C15H13ClN4O. The van der Waals surface area contributed by atoms with Crippen LogP contribution in [0.4, 0.5) is 0 Å². The molecule has 21 heavy (non-hydrogen) atoms. The van der Waals surface area contributed by atoms with Crippen LogP contribution in [0.2, 0.25) is 0 Å². The van der Waals surface area contributed by atoms with Gasteiger partial charge in [-0.15, -0.1) is 16.7 Å². The minimum Gasteiger partial charge on any atom is -0.404 e. The standard InChI is InChI=1S/C15H13ClN4O/c1-11-7-12(8-16)9-17-14(11)21-15-18-10-20(19-15)13-5-3-2-4-6-13/h2-7,9-10H,8H2,1H3. The lowest BCUT2D eigenvalue weighted by molar-refractivity contribution is 0.421. The van der Waals surface area contributed by atoms with Crippen molar-refractivity contribution in [2.45, 2.75) is 12.8 Å². The maximum absolute atomic E-state index is 5.77. The van der Waals surface area contributed by atoms with Gasteiger partial charge in [-0.3, -0.25) is 0 Å². The van der Waals surface area contributed by atoms with Crippen LogP contribution in [0.25, 0.3) is 5.69 Å². The minimum atomic E-state index is 0.257. The highest BCUT2D eigenvalue weighted by Crippen LogP contribution is 2.21. The maximum atomic E-state index is 5.77. The first kappa shape index (κ1) is 13.6. The van der Waals surface area contributed by atoms with Crippen molar-refractivity contribution in [3.63, 3.8) is 0 Å². The molecular weight excluding hydrogens is 288 g/mol. The number of ether oxygens (including phenoxy) is 1. The molecule has 0 saturated heterocycles. The summed E-state index contributed by atoms with van der Waals surface area (Å²) in [6.45, 7) is 1.91. The van der Waals surface area contributed by atoms with Crippen molar-refractivity contribution in [2.75, 3.05) is 0 Å². The van der Waals surface area contributed by atoms with Gasteiger partial charge in [0.05, 0.1) is 5.69 Å². The highest BCUT2D eigenvalue weighted by Gasteiger charge is 2.08. The monoisotopic (exact) mass is 300 g/mol. The van der Waals surface area contributed by atoms with E-state index in [9.17, 15) is 0 Å². The van der Waals surface area contributed by atoms with Gasteiger partial charge in [-0.05, 0) is 30.7 Å². The first-order valence-corrected chi connectivity index (χ1v) is 6.96. The molecule has 0 atom stereocenters. The summed E-state index contributed by atoms with van der Waals surface area (Å²) >= 11 is 5.77. The fourth-order valence-corrected chi connectivity index (χ4v) is 2.03. The normalized spacial score (nSPS) is 10.6. The Morgan fingerprint density at radius 3 is 2.71 bits per heavy atom. The number of aryl methyl sites for hydroxylation is 1. The molecule has 0 fully saturated rings. The zero-order valence-corrected chi connectivity index (χ0v) is 12.2. The van der Waals surface area contributed by atoms with Gasteiger partial charge in [0, 0.05) is 17.6 Å². The number of hydrogen-bond donors (Lipinski definition) is 0. The Morgan fingerprint density at radius 2 is 2.00 bits per heavy atom. The molecule has 0 aliphatic rings. The number of halogens is 1. The van der Waals surface area contributed by atoms with Crippen LogP contribution in [0.1, 0.15) is 11.1 Å². The van der Waals surface area contributed by atoms with E-state index in [1.54, 1.807) is 17.2 Å². The van der Waals surface area contributed by atoms with E-state index in [-0.39, 0.29) is 6.01 Å². The fourth-order valence-electron chi connectivity index (χ4n) is 1.89. The molecule has 5 nitrogen and oxygen atoms in total. The molecule has 6 heteroatoms. The molecule has 0 bridgehead atoms. The second kappa shape index (κ2) is 5.93. The molecule has 0 aliphatic carbocycles. The van der Waals surface area contributed by atoms with Crippen molar-refractivity contribution in [3.8, 4) is 17.6 Å². The summed E-state index contributed by atoms with van der Waals surface area (Å²) in [5.41, 5.74) is 2.76. The van der Waals surface area contributed by atoms with E-state index in [0.717, 1.165) is 16.8 Å². The van der Waals surface area contributed by atoms with Gasteiger partial charge in [-0.2, -0.15) is 4.98 Å². The summed E-state index contributed by atoms with van der Waals surface area (Å²) in [6, 6.07) is 11.9. The number of alkyl halides is 1.